The molecule has 0 heterocycles. The second kappa shape index (κ2) is 63.3. The highest BCUT2D eigenvalue weighted by Crippen LogP contribution is 1.86. The first-order valence-electron chi connectivity index (χ1n) is 6.86. The molecule has 8 heteroatoms. The van der Waals surface area contributed by atoms with Gasteiger partial charge in [-0.05, 0) is 65.3 Å². The average molecular weight is 845 g/mol. The van der Waals surface area contributed by atoms with Crippen LogP contribution in [-0.4, -0.2) is 45.5 Å². The van der Waals surface area contributed by atoms with Crippen LogP contribution < -0.4 is 0 Å². The molecule has 0 rings (SSSR count). The lowest BCUT2D eigenvalue weighted by Crippen LogP contribution is -1.85. The van der Waals surface area contributed by atoms with E-state index in [0.29, 0.717) is 10.8 Å². The molecule has 2 N–H and O–H groups in total. The first kappa shape index (κ1) is 50.7. The predicted molar refractivity (Wildman–Crippen MR) is 156 cm³/mol. The molecule has 24 heavy (non-hydrogen) atoms. The van der Waals surface area contributed by atoms with E-state index in [2.05, 4.69) is 90.4 Å². The number of aliphatic hydroxyl groups excluding tert-OH is 2. The highest BCUT2D eigenvalue weighted by Gasteiger charge is 1.72. The van der Waals surface area contributed by atoms with Crippen LogP contribution in [0, 0.1) is 0 Å². The van der Waals surface area contributed by atoms with Crippen molar-refractivity contribution in [3.63, 3.8) is 0 Å². The van der Waals surface area contributed by atoms with E-state index in [4.69, 9.17) is 33.4 Å². The molecule has 2 nitrogen and oxygen atoms in total. The third-order valence-corrected chi connectivity index (χ3v) is 0. The Morgan fingerprint density at radius 1 is 0.625 bits per heavy atom. The van der Waals surface area contributed by atoms with Crippen molar-refractivity contribution in [1.29, 1.82) is 0 Å². The number of aliphatic hydroxyl groups is 2. The van der Waals surface area contributed by atoms with Crippen LogP contribution in [0.4, 0.5) is 0 Å². The summed E-state index contributed by atoms with van der Waals surface area (Å²) in [5, 5.41) is 16.7. The molecule has 0 aliphatic carbocycles. The van der Waals surface area contributed by atoms with Gasteiger partial charge in [-0.3, -0.25) is 0 Å². The van der Waals surface area contributed by atoms with Gasteiger partial charge in [-0.25, -0.2) is 0 Å². The lowest BCUT2D eigenvalue weighted by atomic mass is 10.5. The zero-order valence-corrected chi connectivity index (χ0v) is 26.3. The molecule has 0 fully saturated rings. The van der Waals surface area contributed by atoms with Crippen LogP contribution in [0.1, 0.15) is 62.8 Å². The van der Waals surface area contributed by atoms with Gasteiger partial charge in [-0.2, -0.15) is 0 Å². The van der Waals surface area contributed by atoms with Crippen molar-refractivity contribution in [3.05, 3.63) is 0 Å². The zero-order chi connectivity index (χ0) is 21.0. The van der Waals surface area contributed by atoms with Gasteiger partial charge in [0.15, 0.2) is 0 Å². The summed E-state index contributed by atoms with van der Waals surface area (Å²) in [4.78, 5) is 3.94. The van der Waals surface area contributed by atoms with E-state index in [0.717, 1.165) is 0 Å². The maximum Gasteiger partial charge on any atom is 0.0516 e. The Bertz CT molecular complexity index is 87.2. The predicted octanol–water partition coefficient (Wildman–Crippen LogP) is 8.59. The molecular formula is C16H42Cl2I4O2. The summed E-state index contributed by atoms with van der Waals surface area (Å²) in [6, 6.07) is 0. The van der Waals surface area contributed by atoms with Crippen molar-refractivity contribution in [2.24, 2.45) is 0 Å². The molecule has 0 aliphatic heterocycles. The topological polar surface area (TPSA) is 40.5 Å². The number of halogens is 6. The second-order valence-corrected chi connectivity index (χ2v) is 10.5. The summed E-state index contributed by atoms with van der Waals surface area (Å²) < 4.78 is 1.19. The van der Waals surface area contributed by atoms with Crippen molar-refractivity contribution in [1.82, 2.24) is 0 Å². The maximum absolute atomic E-state index is 8.06. The minimum atomic E-state index is -0.167. The van der Waals surface area contributed by atoms with Gasteiger partial charge in [0, 0.05) is 23.0 Å². The van der Waals surface area contributed by atoms with E-state index in [-0.39, 0.29) is 19.6 Å². The quantitative estimate of drug-likeness (QED) is 0.190. The van der Waals surface area contributed by atoms with Crippen LogP contribution in [0.15, 0.2) is 0 Å². The summed E-state index contributed by atoms with van der Waals surface area (Å²) in [5.74, 6) is 0. The van der Waals surface area contributed by atoms with Crippen molar-refractivity contribution >= 4 is 114 Å². The van der Waals surface area contributed by atoms with Gasteiger partial charge in [0.1, 0.15) is 0 Å². The Morgan fingerprint density at radius 3 is 0.625 bits per heavy atom. The Labute approximate surface area is 218 Å². The summed E-state index contributed by atoms with van der Waals surface area (Å²) >= 11 is 19.4. The minimum Gasteiger partial charge on any atom is -0.394 e. The van der Waals surface area contributed by atoms with Gasteiger partial charge in [-0.15, -0.1) is 23.2 Å². The smallest absolute Gasteiger partial charge is 0.0516 e. The van der Waals surface area contributed by atoms with E-state index >= 15 is 0 Å². The van der Waals surface area contributed by atoms with Crippen LogP contribution in [0.5, 0.6) is 0 Å². The molecule has 0 aromatic heterocycles. The van der Waals surface area contributed by atoms with E-state index in [1.807, 2.05) is 37.6 Å². The summed E-state index contributed by atoms with van der Waals surface area (Å²) in [6.07, 6.45) is -0.333. The highest BCUT2D eigenvalue weighted by atomic mass is 127. The lowest BCUT2D eigenvalue weighted by molar-refractivity contribution is 0.215. The van der Waals surface area contributed by atoms with Gasteiger partial charge < -0.3 is 10.2 Å². The van der Waals surface area contributed by atoms with Crippen LogP contribution in [0.25, 0.3) is 0 Å². The maximum atomic E-state index is 8.06. The molecule has 0 amide bonds. The van der Waals surface area contributed by atoms with Gasteiger partial charge >= 0.3 is 0 Å². The SMILES string of the molecule is C.CC(C)Cl.CC(C)Cl.CC(C)O.CC(C)O.CI.CI.ICI. The molecule has 0 radical (unpaired) electrons. The van der Waals surface area contributed by atoms with Gasteiger partial charge in [-0.1, -0.05) is 97.8 Å². The van der Waals surface area contributed by atoms with Crippen LogP contribution >= 0.6 is 114 Å². The van der Waals surface area contributed by atoms with Crippen LogP contribution in [0.2, 0.25) is 0 Å². The third-order valence-electron chi connectivity index (χ3n) is 0. The molecule has 0 aliphatic rings. The van der Waals surface area contributed by atoms with Crippen LogP contribution in [0.3, 0.4) is 0 Å². The molecule has 160 valence electrons. The van der Waals surface area contributed by atoms with E-state index in [1.54, 1.807) is 27.7 Å². The second-order valence-electron chi connectivity index (χ2n) is 4.32. The fourth-order valence-corrected chi connectivity index (χ4v) is 0. The standard InChI is InChI=1S/2C3H7Cl.2C3H8O.CH2I2.2CH3I.CH4/c4*1-3(2)4;2-1-3;2*1-2;/h2*3H,1-2H3;2*3-4H,1-2H3;1H2;2*1H3;1H4. The molecular weight excluding hydrogens is 803 g/mol. The molecule has 0 spiro atoms. The van der Waals surface area contributed by atoms with E-state index < -0.39 is 0 Å². The first-order chi connectivity index (χ1) is 10.3. The van der Waals surface area contributed by atoms with Gasteiger partial charge in [0.05, 0.1) is 2.43 Å². The molecule has 0 unspecified atom stereocenters. The number of hydrogen-bond acceptors (Lipinski definition) is 2. The summed E-state index contributed by atoms with van der Waals surface area (Å²) in [7, 11) is 0. The molecule has 0 bridgehead atoms. The van der Waals surface area contributed by atoms with Crippen molar-refractivity contribution < 1.29 is 10.2 Å². The fraction of sp³-hybridized carbons (Fsp3) is 1.00. The monoisotopic (exact) mass is 844 g/mol. The fourth-order valence-electron chi connectivity index (χ4n) is 0. The highest BCUT2D eigenvalue weighted by molar-refractivity contribution is 14.2. The number of rotatable bonds is 0. The minimum absolute atomic E-state index is 0. The van der Waals surface area contributed by atoms with E-state index in [9.17, 15) is 0 Å². The molecule has 0 saturated carbocycles. The Hall–Kier alpha value is 3.42. The Kier molecular flexibility index (Phi) is 134. The van der Waals surface area contributed by atoms with Gasteiger partial charge in [0.2, 0.25) is 0 Å². The Balaban J connectivity index is -0.0000000210. The van der Waals surface area contributed by atoms with Crippen LogP contribution in [-0.2, 0) is 0 Å². The lowest BCUT2D eigenvalue weighted by Gasteiger charge is -1.80. The molecule has 0 saturated heterocycles. The largest absolute Gasteiger partial charge is 0.394 e. The molecule has 0 aromatic rings. The number of hydrogen-bond donors (Lipinski definition) is 2. The first-order valence-corrected chi connectivity index (χ1v) is 15.1. The zero-order valence-electron chi connectivity index (χ0n) is 16.2. The summed E-state index contributed by atoms with van der Waals surface area (Å²) in [5.41, 5.74) is 0. The van der Waals surface area contributed by atoms with Crippen molar-refractivity contribution in [2.75, 3.05) is 12.3 Å². The van der Waals surface area contributed by atoms with E-state index in [1.165, 1.54) is 2.43 Å². The van der Waals surface area contributed by atoms with Crippen molar-refractivity contribution in [2.45, 2.75) is 85.8 Å². The van der Waals surface area contributed by atoms with Crippen molar-refractivity contribution in [3.8, 4) is 0 Å². The van der Waals surface area contributed by atoms with Gasteiger partial charge in [0.25, 0.3) is 0 Å². The Morgan fingerprint density at radius 2 is 0.625 bits per heavy atom. The summed E-state index contributed by atoms with van der Waals surface area (Å²) in [6.45, 7) is 14.6. The third kappa shape index (κ3) is 1300. The molecule has 0 aromatic carbocycles. The molecule has 0 atom stereocenters. The normalized spacial score (nSPS) is 7.25. The number of alkyl halides is 6. The average Bonchev–Trinajstić information content (AvgIpc) is 2.31.